The van der Waals surface area contributed by atoms with Gasteiger partial charge in [0.1, 0.15) is 0 Å². The molecule has 0 unspecified atom stereocenters. The maximum atomic E-state index is 2.39. The van der Waals surface area contributed by atoms with E-state index in [1.807, 2.05) is 0 Å². The number of hydrogen-bond acceptors (Lipinski definition) is 0. The fraction of sp³-hybridized carbons (Fsp3) is 0.0385. The molecule has 0 bridgehead atoms. The third kappa shape index (κ3) is 5.24. The summed E-state index contributed by atoms with van der Waals surface area (Å²) in [6, 6.07) is 69.2. The third-order valence-electron chi connectivity index (χ3n) is 10.9. The molecule has 9 aromatic carbocycles. The Kier molecular flexibility index (Phi) is 7.33. The van der Waals surface area contributed by atoms with Crippen LogP contribution in [-0.4, -0.2) is 4.57 Å². The molecule has 0 fully saturated rings. The first-order chi connectivity index (χ1) is 26.1. The monoisotopic (exact) mass is 675 g/mol. The number of rotatable bonds is 5. The molecule has 1 nitrogen and oxygen atoms in total. The molecule has 0 aliphatic rings. The highest BCUT2D eigenvalue weighted by Crippen LogP contribution is 2.45. The summed E-state index contributed by atoms with van der Waals surface area (Å²) in [6.07, 6.45) is 0. The highest BCUT2D eigenvalue weighted by atomic mass is 15.0. The van der Waals surface area contributed by atoms with E-state index in [0.29, 0.717) is 0 Å². The number of fused-ring (bicyclic) bond motifs is 5. The lowest BCUT2D eigenvalue weighted by atomic mass is 9.84. The average molecular weight is 676 g/mol. The molecule has 0 aliphatic heterocycles. The Morgan fingerprint density at radius 3 is 1.19 bits per heavy atom. The third-order valence-corrected chi connectivity index (χ3v) is 10.9. The smallest absolute Gasteiger partial charge is 0.0541 e. The second kappa shape index (κ2) is 12.5. The SMILES string of the molecule is Cc1ccc2c(-c3ccc(-c4ccc5c(c4)c4cc(-c6ccccc6)ccc4n5-c4ccccc4)cc3)c3cc(C)ccc3c(-c3ccccc3)c2c1. The van der Waals surface area contributed by atoms with Gasteiger partial charge >= 0.3 is 0 Å². The van der Waals surface area contributed by atoms with Crippen LogP contribution in [0.1, 0.15) is 11.1 Å². The summed E-state index contributed by atoms with van der Waals surface area (Å²) in [4.78, 5) is 0. The number of aromatic nitrogens is 1. The molecule has 0 saturated heterocycles. The fourth-order valence-electron chi connectivity index (χ4n) is 8.38. The van der Waals surface area contributed by atoms with Crippen LogP contribution in [0.2, 0.25) is 0 Å². The standard InChI is InChI=1S/C52H37N/c1-34-19-27-44-47(30-34)51(38-14-8-4-9-15-38)43-26-18-35(2)31-48(43)52(44)39-22-20-37(21-23-39)41-25-29-50-46(33-41)45-32-40(36-12-6-3-7-13-36)24-28-49(45)53(50)42-16-10-5-11-17-42/h3-33H,1-2H3. The maximum absolute atomic E-state index is 2.39. The van der Waals surface area contributed by atoms with Crippen molar-refractivity contribution in [1.82, 2.24) is 4.57 Å². The Balaban J connectivity index is 1.15. The fourth-order valence-corrected chi connectivity index (χ4v) is 8.38. The summed E-state index contributed by atoms with van der Waals surface area (Å²) in [6.45, 7) is 4.39. The van der Waals surface area contributed by atoms with Crippen molar-refractivity contribution in [3.05, 3.63) is 199 Å². The molecule has 0 N–H and O–H groups in total. The topological polar surface area (TPSA) is 4.93 Å². The van der Waals surface area contributed by atoms with E-state index in [4.69, 9.17) is 0 Å². The number of para-hydroxylation sites is 1. The molecule has 53 heavy (non-hydrogen) atoms. The predicted molar refractivity (Wildman–Crippen MR) is 227 cm³/mol. The molecule has 0 aliphatic carbocycles. The second-order valence-electron chi connectivity index (χ2n) is 14.3. The summed E-state index contributed by atoms with van der Waals surface area (Å²) in [7, 11) is 0. The van der Waals surface area contributed by atoms with Gasteiger partial charge in [0, 0.05) is 16.5 Å². The van der Waals surface area contributed by atoms with Crippen molar-refractivity contribution >= 4 is 43.4 Å². The lowest BCUT2D eigenvalue weighted by Gasteiger charge is -2.19. The van der Waals surface area contributed by atoms with Crippen molar-refractivity contribution in [2.45, 2.75) is 13.8 Å². The van der Waals surface area contributed by atoms with Crippen LogP contribution in [0.4, 0.5) is 0 Å². The Hall–Kier alpha value is -6.70. The first-order valence-electron chi connectivity index (χ1n) is 18.4. The van der Waals surface area contributed by atoms with Gasteiger partial charge in [-0.1, -0.05) is 163 Å². The molecule has 0 spiro atoms. The van der Waals surface area contributed by atoms with Crippen molar-refractivity contribution in [2.24, 2.45) is 0 Å². The van der Waals surface area contributed by atoms with Gasteiger partial charge in [0.15, 0.2) is 0 Å². The first kappa shape index (κ1) is 31.1. The van der Waals surface area contributed by atoms with Gasteiger partial charge in [-0.3, -0.25) is 0 Å². The van der Waals surface area contributed by atoms with Crippen molar-refractivity contribution in [2.75, 3.05) is 0 Å². The van der Waals surface area contributed by atoms with Crippen molar-refractivity contribution in [1.29, 1.82) is 0 Å². The van der Waals surface area contributed by atoms with Crippen LogP contribution in [0, 0.1) is 13.8 Å². The van der Waals surface area contributed by atoms with Gasteiger partial charge in [-0.05, 0) is 116 Å². The summed E-state index contributed by atoms with van der Waals surface area (Å²) in [5.41, 5.74) is 16.1. The number of hydrogen-bond donors (Lipinski definition) is 0. The van der Waals surface area contributed by atoms with E-state index in [1.54, 1.807) is 0 Å². The van der Waals surface area contributed by atoms with E-state index in [1.165, 1.54) is 105 Å². The Morgan fingerprint density at radius 2 is 0.679 bits per heavy atom. The van der Waals surface area contributed by atoms with Crippen LogP contribution in [0.5, 0.6) is 0 Å². The van der Waals surface area contributed by atoms with Gasteiger partial charge in [-0.15, -0.1) is 0 Å². The molecule has 10 rings (SSSR count). The zero-order valence-electron chi connectivity index (χ0n) is 29.8. The summed E-state index contributed by atoms with van der Waals surface area (Å²) in [5, 5.41) is 7.66. The van der Waals surface area contributed by atoms with Gasteiger partial charge in [-0.2, -0.15) is 0 Å². The molecular weight excluding hydrogens is 639 g/mol. The van der Waals surface area contributed by atoms with Gasteiger partial charge < -0.3 is 4.57 Å². The molecule has 1 heteroatoms. The highest BCUT2D eigenvalue weighted by molar-refractivity contribution is 6.21. The average Bonchev–Trinajstić information content (AvgIpc) is 3.54. The van der Waals surface area contributed by atoms with Crippen LogP contribution in [0.3, 0.4) is 0 Å². The minimum Gasteiger partial charge on any atom is -0.309 e. The normalized spacial score (nSPS) is 11.6. The van der Waals surface area contributed by atoms with Crippen LogP contribution in [0.15, 0.2) is 188 Å². The molecule has 0 amide bonds. The minimum absolute atomic E-state index is 1.17. The van der Waals surface area contributed by atoms with E-state index >= 15 is 0 Å². The quantitative estimate of drug-likeness (QED) is 0.160. The molecule has 1 heterocycles. The Labute approximate surface area is 310 Å². The Bertz CT molecular complexity index is 2970. The van der Waals surface area contributed by atoms with E-state index in [2.05, 4.69) is 206 Å². The number of nitrogens with zero attached hydrogens (tertiary/aromatic N) is 1. The van der Waals surface area contributed by atoms with Gasteiger partial charge in [0.25, 0.3) is 0 Å². The largest absolute Gasteiger partial charge is 0.309 e. The van der Waals surface area contributed by atoms with Gasteiger partial charge in [0.05, 0.1) is 11.0 Å². The second-order valence-corrected chi connectivity index (χ2v) is 14.3. The molecule has 10 aromatic rings. The maximum Gasteiger partial charge on any atom is 0.0541 e. The van der Waals surface area contributed by atoms with Crippen LogP contribution < -0.4 is 0 Å². The summed E-state index contributed by atoms with van der Waals surface area (Å²) < 4.78 is 2.39. The van der Waals surface area contributed by atoms with E-state index in [0.717, 1.165) is 0 Å². The lowest BCUT2D eigenvalue weighted by Crippen LogP contribution is -1.93. The van der Waals surface area contributed by atoms with Crippen LogP contribution in [0.25, 0.3) is 93.5 Å². The first-order valence-corrected chi connectivity index (χ1v) is 18.4. The number of aryl methyl sites for hydroxylation is 2. The van der Waals surface area contributed by atoms with E-state index in [9.17, 15) is 0 Å². The predicted octanol–water partition coefficient (Wildman–Crippen LogP) is 14.4. The minimum atomic E-state index is 1.17. The Morgan fingerprint density at radius 1 is 0.283 bits per heavy atom. The van der Waals surface area contributed by atoms with Gasteiger partial charge in [0.2, 0.25) is 0 Å². The van der Waals surface area contributed by atoms with Crippen LogP contribution >= 0.6 is 0 Å². The zero-order valence-corrected chi connectivity index (χ0v) is 29.8. The zero-order chi connectivity index (χ0) is 35.5. The van der Waals surface area contributed by atoms with E-state index < -0.39 is 0 Å². The van der Waals surface area contributed by atoms with Crippen molar-refractivity contribution in [3.8, 4) is 50.2 Å². The molecule has 1 aromatic heterocycles. The lowest BCUT2D eigenvalue weighted by molar-refractivity contribution is 1.18. The highest BCUT2D eigenvalue weighted by Gasteiger charge is 2.18. The summed E-state index contributed by atoms with van der Waals surface area (Å²) >= 11 is 0. The number of benzene rings is 9. The molecule has 0 saturated carbocycles. The summed E-state index contributed by atoms with van der Waals surface area (Å²) in [5.74, 6) is 0. The van der Waals surface area contributed by atoms with Crippen LogP contribution in [-0.2, 0) is 0 Å². The van der Waals surface area contributed by atoms with Gasteiger partial charge in [-0.25, -0.2) is 0 Å². The molecule has 250 valence electrons. The molecular formula is C52H37N. The molecule has 0 atom stereocenters. The van der Waals surface area contributed by atoms with Crippen molar-refractivity contribution in [3.63, 3.8) is 0 Å². The molecule has 0 radical (unpaired) electrons. The van der Waals surface area contributed by atoms with Crippen molar-refractivity contribution < 1.29 is 0 Å². The van der Waals surface area contributed by atoms with E-state index in [-0.39, 0.29) is 0 Å².